The lowest BCUT2D eigenvalue weighted by Crippen LogP contribution is -2.46. The average molecular weight is 558 g/mol. The molecule has 1 N–H and O–H groups in total. The molecule has 9 heteroatoms. The Morgan fingerprint density at radius 3 is 2.32 bits per heavy atom. The first kappa shape index (κ1) is 25.0. The third-order valence-corrected chi connectivity index (χ3v) is 11.4. The van der Waals surface area contributed by atoms with Crippen LogP contribution in [-0.4, -0.2) is 47.7 Å². The van der Waals surface area contributed by atoms with Crippen LogP contribution < -0.4 is 19.3 Å². The summed E-state index contributed by atoms with van der Waals surface area (Å²) in [5.41, 5.74) is 5.16. The largest absolute Gasteiger partial charge is 0.495 e. The molecule has 3 unspecified atom stereocenters. The van der Waals surface area contributed by atoms with E-state index in [4.69, 9.17) is 16.3 Å². The highest BCUT2D eigenvalue weighted by atomic mass is 35.5. The molecule has 3 aromatic rings. The maximum atomic E-state index is 13.1. The van der Waals surface area contributed by atoms with Crippen LogP contribution in [0.15, 0.2) is 58.8 Å². The van der Waals surface area contributed by atoms with E-state index in [0.717, 1.165) is 74.6 Å². The summed E-state index contributed by atoms with van der Waals surface area (Å²) < 4.78 is 35.6. The van der Waals surface area contributed by atoms with Crippen LogP contribution in [0.4, 0.5) is 11.4 Å². The lowest BCUT2D eigenvalue weighted by atomic mass is 9.93. The monoisotopic (exact) mass is 557 g/mol. The van der Waals surface area contributed by atoms with Crippen LogP contribution in [-0.2, 0) is 22.9 Å². The van der Waals surface area contributed by atoms with Crippen LogP contribution in [0.3, 0.4) is 0 Å². The standard InChI is InChI=1S/C28H32ClN3O3S2/c1-35-25-5-3-2-4-24(25)32-14-12-31(13-15-32)23-9-8-19-16-20-6-7-21(17-22(19)18-23)28(20)30-37(33,34)27-11-10-26(29)36-27/h2-5,8-11,18,20-21,28,30H,6-7,12-17H2,1H3. The van der Waals surface area contributed by atoms with Crippen molar-refractivity contribution in [2.45, 2.75) is 35.9 Å². The molecule has 2 bridgehead atoms. The summed E-state index contributed by atoms with van der Waals surface area (Å²) in [5, 5.41) is 0. The molecular weight excluding hydrogens is 526 g/mol. The van der Waals surface area contributed by atoms with Gasteiger partial charge in [-0.05, 0) is 85.0 Å². The zero-order valence-corrected chi connectivity index (χ0v) is 23.3. The summed E-state index contributed by atoms with van der Waals surface area (Å²) in [7, 11) is -1.84. The molecule has 2 aliphatic carbocycles. The molecule has 1 aromatic heterocycles. The van der Waals surface area contributed by atoms with Gasteiger partial charge in [-0.25, -0.2) is 13.1 Å². The number of thiophene rings is 1. The van der Waals surface area contributed by atoms with Crippen molar-refractivity contribution in [3.05, 3.63) is 70.1 Å². The van der Waals surface area contributed by atoms with Gasteiger partial charge in [0.05, 0.1) is 17.1 Å². The van der Waals surface area contributed by atoms with Crippen LogP contribution in [0, 0.1) is 11.8 Å². The van der Waals surface area contributed by atoms with Crippen LogP contribution in [0.25, 0.3) is 0 Å². The second kappa shape index (κ2) is 10.1. The van der Waals surface area contributed by atoms with Crippen molar-refractivity contribution in [1.29, 1.82) is 0 Å². The summed E-state index contributed by atoms with van der Waals surface area (Å²) in [6.07, 6.45) is 3.96. The minimum atomic E-state index is -3.56. The number of ether oxygens (including phenoxy) is 1. The second-order valence-corrected chi connectivity index (χ2v) is 14.0. The molecule has 6 nitrogen and oxygen atoms in total. The third-order valence-electron chi connectivity index (χ3n) is 8.25. The number of nitrogens with one attached hydrogen (secondary N) is 1. The minimum absolute atomic E-state index is 0.0360. The highest BCUT2D eigenvalue weighted by Crippen LogP contribution is 2.42. The molecule has 2 fully saturated rings. The molecule has 2 aromatic carbocycles. The summed E-state index contributed by atoms with van der Waals surface area (Å²) >= 11 is 7.13. The molecule has 0 amide bonds. The number of para-hydroxylation sites is 2. The van der Waals surface area contributed by atoms with Crippen molar-refractivity contribution in [2.75, 3.05) is 43.1 Å². The number of rotatable bonds is 6. The number of halogens is 1. The minimum Gasteiger partial charge on any atom is -0.495 e. The quantitative estimate of drug-likeness (QED) is 0.451. The number of sulfonamides is 1. The predicted molar refractivity (Wildman–Crippen MR) is 151 cm³/mol. The van der Waals surface area contributed by atoms with Crippen LogP contribution >= 0.6 is 22.9 Å². The van der Waals surface area contributed by atoms with Crippen molar-refractivity contribution in [2.24, 2.45) is 11.8 Å². The molecule has 6 rings (SSSR count). The van der Waals surface area contributed by atoms with Gasteiger partial charge in [0.25, 0.3) is 0 Å². The Bertz CT molecular complexity index is 1380. The van der Waals surface area contributed by atoms with Gasteiger partial charge in [-0.15, -0.1) is 11.3 Å². The van der Waals surface area contributed by atoms with Gasteiger partial charge in [0.1, 0.15) is 9.96 Å². The molecule has 3 aliphatic rings. The average Bonchev–Trinajstić information content (AvgIpc) is 3.46. The van der Waals surface area contributed by atoms with E-state index >= 15 is 0 Å². The molecule has 1 aliphatic heterocycles. The maximum Gasteiger partial charge on any atom is 0.250 e. The number of nitrogens with zero attached hydrogens (tertiary/aromatic N) is 2. The normalized spacial score (nSPS) is 23.6. The number of piperazine rings is 1. The molecule has 37 heavy (non-hydrogen) atoms. The highest BCUT2D eigenvalue weighted by molar-refractivity contribution is 7.91. The van der Waals surface area contributed by atoms with E-state index in [1.165, 1.54) is 16.8 Å². The maximum absolute atomic E-state index is 13.1. The number of hydrogen-bond donors (Lipinski definition) is 1. The lowest BCUT2D eigenvalue weighted by Gasteiger charge is -2.38. The van der Waals surface area contributed by atoms with Crippen molar-refractivity contribution >= 4 is 44.3 Å². The molecule has 196 valence electrons. The van der Waals surface area contributed by atoms with E-state index in [1.807, 2.05) is 12.1 Å². The first-order valence-corrected chi connectivity index (χ1v) is 15.6. The lowest BCUT2D eigenvalue weighted by molar-refractivity contribution is 0.386. The molecule has 1 saturated carbocycles. The van der Waals surface area contributed by atoms with Gasteiger partial charge in [0, 0.05) is 37.9 Å². The Hall–Kier alpha value is -2.26. The van der Waals surface area contributed by atoms with Crippen molar-refractivity contribution in [3.8, 4) is 5.75 Å². The topological polar surface area (TPSA) is 61.9 Å². The smallest absolute Gasteiger partial charge is 0.250 e. The van der Waals surface area contributed by atoms with Crippen LogP contribution in [0.5, 0.6) is 5.75 Å². The predicted octanol–water partition coefficient (Wildman–Crippen LogP) is 5.21. The summed E-state index contributed by atoms with van der Waals surface area (Å²) in [5.74, 6) is 1.56. The fourth-order valence-electron chi connectivity index (χ4n) is 6.36. The number of hydrogen-bond acceptors (Lipinski definition) is 6. The Kier molecular flexibility index (Phi) is 6.86. The van der Waals surface area contributed by atoms with E-state index in [9.17, 15) is 8.42 Å². The third kappa shape index (κ3) is 4.97. The van der Waals surface area contributed by atoms with E-state index in [2.05, 4.69) is 44.9 Å². The Morgan fingerprint density at radius 2 is 1.62 bits per heavy atom. The van der Waals surface area contributed by atoms with Gasteiger partial charge in [0.15, 0.2) is 0 Å². The fraction of sp³-hybridized carbons (Fsp3) is 0.429. The molecule has 1 saturated heterocycles. The van der Waals surface area contributed by atoms with Crippen molar-refractivity contribution < 1.29 is 13.2 Å². The molecule has 0 radical (unpaired) electrons. The number of methoxy groups -OCH3 is 1. The van der Waals surface area contributed by atoms with Crippen LogP contribution in [0.1, 0.15) is 24.0 Å². The van der Waals surface area contributed by atoms with Gasteiger partial charge in [-0.2, -0.15) is 0 Å². The Morgan fingerprint density at radius 1 is 0.919 bits per heavy atom. The Labute approximate surface area is 228 Å². The second-order valence-electron chi connectivity index (χ2n) is 10.3. The zero-order valence-electron chi connectivity index (χ0n) is 20.9. The fourth-order valence-corrected chi connectivity index (χ4v) is 9.23. The number of benzene rings is 2. The van der Waals surface area contributed by atoms with Gasteiger partial charge in [0.2, 0.25) is 10.0 Å². The summed E-state index contributed by atoms with van der Waals surface area (Å²) in [6.45, 7) is 3.79. The summed E-state index contributed by atoms with van der Waals surface area (Å²) in [6, 6.07) is 18.3. The van der Waals surface area contributed by atoms with E-state index in [-0.39, 0.29) is 6.04 Å². The summed E-state index contributed by atoms with van der Waals surface area (Å²) in [4.78, 5) is 4.87. The SMILES string of the molecule is COc1ccccc1N1CCN(c2ccc3c(c2)CC2CCC(C3)C2NS(=O)(=O)c2ccc(Cl)s2)CC1. The van der Waals surface area contributed by atoms with Gasteiger partial charge < -0.3 is 14.5 Å². The Balaban J connectivity index is 1.16. The molecular formula is C28H32ClN3O3S2. The zero-order chi connectivity index (χ0) is 25.6. The van der Waals surface area contributed by atoms with Gasteiger partial charge in [-0.1, -0.05) is 29.8 Å². The highest BCUT2D eigenvalue weighted by Gasteiger charge is 2.41. The van der Waals surface area contributed by atoms with Gasteiger partial charge in [-0.3, -0.25) is 0 Å². The van der Waals surface area contributed by atoms with E-state index < -0.39 is 10.0 Å². The van der Waals surface area contributed by atoms with Crippen molar-refractivity contribution in [1.82, 2.24) is 4.72 Å². The molecule has 0 spiro atoms. The number of anilines is 2. The molecule has 2 heterocycles. The van der Waals surface area contributed by atoms with Gasteiger partial charge >= 0.3 is 0 Å². The van der Waals surface area contributed by atoms with E-state index in [1.54, 1.807) is 19.2 Å². The first-order valence-electron chi connectivity index (χ1n) is 12.9. The van der Waals surface area contributed by atoms with Crippen molar-refractivity contribution in [3.63, 3.8) is 0 Å². The number of fused-ring (bicyclic) bond motifs is 3. The van der Waals surface area contributed by atoms with E-state index in [0.29, 0.717) is 20.4 Å². The first-order chi connectivity index (χ1) is 17.9. The molecule has 3 atom stereocenters. The van der Waals surface area contributed by atoms with Crippen LogP contribution in [0.2, 0.25) is 4.34 Å².